The predicted molar refractivity (Wildman–Crippen MR) is 100 cm³/mol. The first-order chi connectivity index (χ1) is 12.6. The number of carbonyl (C=O) groups excluding carboxylic acids is 1. The van der Waals surface area contributed by atoms with E-state index < -0.39 is 5.82 Å². The van der Waals surface area contributed by atoms with Crippen molar-refractivity contribution in [1.82, 2.24) is 14.8 Å². The van der Waals surface area contributed by atoms with Crippen LogP contribution in [0.2, 0.25) is 0 Å². The number of hydrogen-bond donors (Lipinski definition) is 1. The molecule has 0 aliphatic carbocycles. The predicted octanol–water partition coefficient (Wildman–Crippen LogP) is 4.24. The minimum Gasteiger partial charge on any atom is -0.319 e. The van der Waals surface area contributed by atoms with E-state index in [1.807, 2.05) is 24.4 Å². The van der Waals surface area contributed by atoms with Crippen molar-refractivity contribution in [2.45, 2.75) is 13.5 Å². The normalized spacial score (nSPS) is 11.0. The average molecular weight is 366 g/mol. The molecule has 0 aliphatic heterocycles. The number of aryl methyl sites for hydroxylation is 1. The molecule has 0 spiro atoms. The third-order valence-electron chi connectivity index (χ3n) is 3.99. The van der Waals surface area contributed by atoms with Gasteiger partial charge in [-0.3, -0.25) is 4.79 Å². The Labute approximate surface area is 153 Å². The van der Waals surface area contributed by atoms with Gasteiger partial charge in [0.2, 0.25) is 0 Å². The summed E-state index contributed by atoms with van der Waals surface area (Å²) in [4.78, 5) is 18.4. The van der Waals surface area contributed by atoms with Crippen LogP contribution in [0.15, 0.2) is 54.0 Å². The Bertz CT molecular complexity index is 1090. The zero-order valence-corrected chi connectivity index (χ0v) is 14.8. The second-order valence-electron chi connectivity index (χ2n) is 5.86. The molecule has 3 aromatic heterocycles. The van der Waals surface area contributed by atoms with Crippen LogP contribution < -0.4 is 5.32 Å². The summed E-state index contributed by atoms with van der Waals surface area (Å²) in [6.07, 6.45) is 1.63. The van der Waals surface area contributed by atoms with Gasteiger partial charge in [0.15, 0.2) is 5.65 Å². The summed E-state index contributed by atoms with van der Waals surface area (Å²) in [7, 11) is 0. The molecule has 0 aliphatic rings. The first-order valence-corrected chi connectivity index (χ1v) is 8.91. The fraction of sp³-hybridized carbons (Fsp3) is 0.105. The zero-order valence-electron chi connectivity index (χ0n) is 13.9. The minimum absolute atomic E-state index is 0.145. The number of para-hydroxylation sites is 1. The second-order valence-corrected chi connectivity index (χ2v) is 6.90. The molecule has 0 saturated carbocycles. The molecule has 0 bridgehead atoms. The number of benzene rings is 1. The molecule has 4 aromatic rings. The standard InChI is InChI=1S/C19H15FN4OS/c1-12-9-14(19(25)23-17-7-3-2-6-16(17)20)15-10-21-24(18(15)22-12)11-13-5-4-8-26-13/h2-10H,11H2,1H3,(H,23,25). The molecule has 130 valence electrons. The van der Waals surface area contributed by atoms with Crippen molar-refractivity contribution in [3.63, 3.8) is 0 Å². The SMILES string of the molecule is Cc1cc(C(=O)Nc2ccccc2F)c2cnn(Cc3cccs3)c2n1. The zero-order chi connectivity index (χ0) is 18.1. The Morgan fingerprint density at radius 1 is 1.27 bits per heavy atom. The van der Waals surface area contributed by atoms with Gasteiger partial charge in [0.1, 0.15) is 5.82 Å². The van der Waals surface area contributed by atoms with E-state index in [-0.39, 0.29) is 11.6 Å². The van der Waals surface area contributed by atoms with Gasteiger partial charge in [-0.2, -0.15) is 5.10 Å². The van der Waals surface area contributed by atoms with Crippen LogP contribution in [-0.2, 0) is 6.54 Å². The number of pyridine rings is 1. The highest BCUT2D eigenvalue weighted by atomic mass is 32.1. The summed E-state index contributed by atoms with van der Waals surface area (Å²) in [5.41, 5.74) is 1.90. The molecule has 0 atom stereocenters. The highest BCUT2D eigenvalue weighted by molar-refractivity contribution is 7.09. The van der Waals surface area contributed by atoms with Crippen molar-refractivity contribution in [2.75, 3.05) is 5.32 Å². The maximum Gasteiger partial charge on any atom is 0.256 e. The van der Waals surface area contributed by atoms with Crippen LogP contribution in [0, 0.1) is 12.7 Å². The maximum atomic E-state index is 13.8. The number of fused-ring (bicyclic) bond motifs is 1. The molecule has 26 heavy (non-hydrogen) atoms. The Balaban J connectivity index is 1.72. The third kappa shape index (κ3) is 3.09. The van der Waals surface area contributed by atoms with Crippen molar-refractivity contribution in [3.05, 3.63) is 76.0 Å². The summed E-state index contributed by atoms with van der Waals surface area (Å²) in [6, 6.07) is 11.8. The lowest BCUT2D eigenvalue weighted by Crippen LogP contribution is -2.14. The monoisotopic (exact) mass is 366 g/mol. The summed E-state index contributed by atoms with van der Waals surface area (Å²) in [6.45, 7) is 2.41. The number of amides is 1. The quantitative estimate of drug-likeness (QED) is 0.588. The van der Waals surface area contributed by atoms with Gasteiger partial charge in [-0.15, -0.1) is 11.3 Å². The van der Waals surface area contributed by atoms with Crippen molar-refractivity contribution in [2.24, 2.45) is 0 Å². The number of rotatable bonds is 4. The van der Waals surface area contributed by atoms with Crippen molar-refractivity contribution >= 4 is 34.0 Å². The van der Waals surface area contributed by atoms with E-state index in [0.29, 0.717) is 28.8 Å². The topological polar surface area (TPSA) is 59.8 Å². The molecule has 5 nitrogen and oxygen atoms in total. The van der Waals surface area contributed by atoms with Gasteiger partial charge in [-0.05, 0) is 36.6 Å². The third-order valence-corrected chi connectivity index (χ3v) is 4.85. The van der Waals surface area contributed by atoms with Gasteiger partial charge < -0.3 is 5.32 Å². The van der Waals surface area contributed by atoms with E-state index in [0.717, 1.165) is 4.88 Å². The van der Waals surface area contributed by atoms with E-state index in [1.54, 1.807) is 40.4 Å². The van der Waals surface area contributed by atoms with Crippen molar-refractivity contribution in [3.8, 4) is 0 Å². The highest BCUT2D eigenvalue weighted by Gasteiger charge is 2.17. The number of aromatic nitrogens is 3. The van der Waals surface area contributed by atoms with Crippen LogP contribution in [-0.4, -0.2) is 20.7 Å². The molecule has 1 amide bonds. The van der Waals surface area contributed by atoms with E-state index in [2.05, 4.69) is 15.4 Å². The molecule has 3 heterocycles. The van der Waals surface area contributed by atoms with Crippen LogP contribution in [0.1, 0.15) is 20.9 Å². The minimum atomic E-state index is -0.476. The molecule has 0 unspecified atom stereocenters. The Hall–Kier alpha value is -3.06. The summed E-state index contributed by atoms with van der Waals surface area (Å²) < 4.78 is 15.6. The van der Waals surface area contributed by atoms with Gasteiger partial charge in [-0.25, -0.2) is 14.1 Å². The van der Waals surface area contributed by atoms with Gasteiger partial charge in [-0.1, -0.05) is 18.2 Å². The molecule has 0 radical (unpaired) electrons. The summed E-state index contributed by atoms with van der Waals surface area (Å²) in [5.74, 6) is -0.863. The number of hydrogen-bond acceptors (Lipinski definition) is 4. The summed E-state index contributed by atoms with van der Waals surface area (Å²) in [5, 5.41) is 9.66. The number of halogens is 1. The molecule has 1 aromatic carbocycles. The smallest absolute Gasteiger partial charge is 0.256 e. The average Bonchev–Trinajstić information content (AvgIpc) is 3.27. The maximum absolute atomic E-state index is 13.8. The van der Waals surface area contributed by atoms with Gasteiger partial charge in [0.25, 0.3) is 5.91 Å². The van der Waals surface area contributed by atoms with Crippen LogP contribution >= 0.6 is 11.3 Å². The summed E-state index contributed by atoms with van der Waals surface area (Å²) >= 11 is 1.64. The molecule has 4 rings (SSSR count). The molecule has 0 saturated heterocycles. The van der Waals surface area contributed by atoms with Crippen LogP contribution in [0.4, 0.5) is 10.1 Å². The fourth-order valence-corrected chi connectivity index (χ4v) is 3.46. The highest BCUT2D eigenvalue weighted by Crippen LogP contribution is 2.22. The number of thiophene rings is 1. The van der Waals surface area contributed by atoms with Gasteiger partial charge in [0.05, 0.1) is 29.4 Å². The number of carbonyl (C=O) groups is 1. The van der Waals surface area contributed by atoms with Gasteiger partial charge in [0, 0.05) is 10.6 Å². The van der Waals surface area contributed by atoms with Crippen molar-refractivity contribution in [1.29, 1.82) is 0 Å². The molecule has 7 heteroatoms. The van der Waals surface area contributed by atoms with E-state index in [4.69, 9.17) is 0 Å². The first kappa shape index (κ1) is 16.4. The van der Waals surface area contributed by atoms with Crippen LogP contribution in [0.5, 0.6) is 0 Å². The van der Waals surface area contributed by atoms with E-state index in [1.165, 1.54) is 12.1 Å². The lowest BCUT2D eigenvalue weighted by molar-refractivity contribution is 0.102. The molecule has 1 N–H and O–H groups in total. The van der Waals surface area contributed by atoms with Crippen molar-refractivity contribution < 1.29 is 9.18 Å². The van der Waals surface area contributed by atoms with Crippen LogP contribution in [0.3, 0.4) is 0 Å². The number of nitrogens with one attached hydrogen (secondary N) is 1. The van der Waals surface area contributed by atoms with E-state index in [9.17, 15) is 9.18 Å². The van der Waals surface area contributed by atoms with Crippen LogP contribution in [0.25, 0.3) is 11.0 Å². The molecular weight excluding hydrogens is 351 g/mol. The molecular formula is C19H15FN4OS. The second kappa shape index (κ2) is 6.68. The van der Waals surface area contributed by atoms with Gasteiger partial charge >= 0.3 is 0 Å². The van der Waals surface area contributed by atoms with E-state index >= 15 is 0 Å². The lowest BCUT2D eigenvalue weighted by atomic mass is 10.1. The Morgan fingerprint density at radius 2 is 2.12 bits per heavy atom. The number of anilines is 1. The molecule has 0 fully saturated rings. The fourth-order valence-electron chi connectivity index (χ4n) is 2.78. The lowest BCUT2D eigenvalue weighted by Gasteiger charge is -2.08. The first-order valence-electron chi connectivity index (χ1n) is 8.03. The Morgan fingerprint density at radius 3 is 2.88 bits per heavy atom. The largest absolute Gasteiger partial charge is 0.319 e. The Kier molecular flexibility index (Phi) is 4.22. The number of nitrogens with zero attached hydrogens (tertiary/aromatic N) is 3.